The van der Waals surface area contributed by atoms with Crippen LogP contribution in [0.25, 0.3) is 0 Å². The average Bonchev–Trinajstić information content (AvgIpc) is 3.42. The molecule has 1 amide bonds. The van der Waals surface area contributed by atoms with E-state index in [1.165, 1.54) is 302 Å². The molecule has 0 aliphatic heterocycles. The van der Waals surface area contributed by atoms with Crippen LogP contribution in [-0.4, -0.2) is 47.4 Å². The predicted octanol–water partition coefficient (Wildman–Crippen LogP) is 21.9. The summed E-state index contributed by atoms with van der Waals surface area (Å²) in [6, 6.07) is -0.628. The molecule has 0 rings (SSSR count). The van der Waals surface area contributed by atoms with Gasteiger partial charge in [0.25, 0.3) is 0 Å². The van der Waals surface area contributed by atoms with Gasteiger partial charge in [0, 0.05) is 12.8 Å². The first-order chi connectivity index (χ1) is 37.5. The zero-order valence-electron chi connectivity index (χ0n) is 51.3. The third-order valence-electron chi connectivity index (χ3n) is 15.9. The highest BCUT2D eigenvalue weighted by Gasteiger charge is 2.18. The Hall–Kier alpha value is -1.92. The highest BCUT2D eigenvalue weighted by Crippen LogP contribution is 2.18. The van der Waals surface area contributed by atoms with E-state index in [1.807, 2.05) is 6.08 Å². The van der Waals surface area contributed by atoms with Crippen molar-refractivity contribution in [2.75, 3.05) is 13.2 Å². The van der Waals surface area contributed by atoms with E-state index in [9.17, 15) is 19.8 Å². The molecule has 0 aromatic carbocycles. The first-order valence-electron chi connectivity index (χ1n) is 34.3. The van der Waals surface area contributed by atoms with Crippen molar-refractivity contribution in [3.05, 3.63) is 36.5 Å². The molecule has 3 N–H and O–H groups in total. The van der Waals surface area contributed by atoms with Gasteiger partial charge in [0.15, 0.2) is 0 Å². The first kappa shape index (κ1) is 74.1. The standard InChI is InChI=1S/C70H133NO5/c1-3-5-7-9-11-13-15-16-17-33-36-39-43-46-50-54-58-62-68(73)67(66-72)71-69(74)63-59-55-51-47-44-40-37-34-31-29-27-25-23-21-19-18-20-22-24-26-28-30-32-35-38-41-45-49-53-57-61-65-76-70(75)64-60-56-52-48-42-14-12-10-8-6-4-2/h20,22,26,28,58,62,67-68,72-73H,3-19,21,23-25,27,29-57,59-61,63-66H2,1-2H3,(H,71,74)/b22-20-,28-26-,62-58+. The van der Waals surface area contributed by atoms with E-state index in [0.717, 1.165) is 44.9 Å². The molecule has 448 valence electrons. The SMILES string of the molecule is CCCCCCCCCCCCCCCCC/C=C/C(O)C(CO)NC(=O)CCCCCCCCCCCCCCCCC/C=C\C/C=C\CCCCCCCCCCCOC(=O)CCCCCCCCCCCCC. The van der Waals surface area contributed by atoms with Crippen molar-refractivity contribution in [3.63, 3.8) is 0 Å². The molecule has 76 heavy (non-hydrogen) atoms. The normalized spacial score (nSPS) is 12.7. The molecule has 0 saturated heterocycles. The number of hydrogen-bond acceptors (Lipinski definition) is 5. The van der Waals surface area contributed by atoms with Crippen molar-refractivity contribution in [1.82, 2.24) is 5.32 Å². The summed E-state index contributed by atoms with van der Waals surface area (Å²) in [5.41, 5.74) is 0. The summed E-state index contributed by atoms with van der Waals surface area (Å²) in [6.45, 7) is 4.92. The summed E-state index contributed by atoms with van der Waals surface area (Å²) in [7, 11) is 0. The van der Waals surface area contributed by atoms with Crippen molar-refractivity contribution in [2.45, 2.75) is 386 Å². The summed E-state index contributed by atoms with van der Waals surface area (Å²) in [6.07, 6.45) is 83.6. The number of nitrogens with one attached hydrogen (secondary N) is 1. The lowest BCUT2D eigenvalue weighted by Crippen LogP contribution is -2.45. The Morgan fingerprint density at radius 3 is 1.00 bits per heavy atom. The summed E-state index contributed by atoms with van der Waals surface area (Å²) >= 11 is 0. The maximum Gasteiger partial charge on any atom is 0.305 e. The Morgan fingerprint density at radius 2 is 0.658 bits per heavy atom. The molecule has 6 nitrogen and oxygen atoms in total. The van der Waals surface area contributed by atoms with Gasteiger partial charge in [-0.1, -0.05) is 333 Å². The topological polar surface area (TPSA) is 95.9 Å². The monoisotopic (exact) mass is 1070 g/mol. The van der Waals surface area contributed by atoms with Crippen LogP contribution in [0.2, 0.25) is 0 Å². The van der Waals surface area contributed by atoms with Gasteiger partial charge in [0.05, 0.1) is 25.4 Å². The van der Waals surface area contributed by atoms with E-state index >= 15 is 0 Å². The number of aliphatic hydroxyl groups is 2. The summed E-state index contributed by atoms with van der Waals surface area (Å²) in [4.78, 5) is 24.5. The molecule has 6 heteroatoms. The van der Waals surface area contributed by atoms with Gasteiger partial charge in [-0.2, -0.15) is 0 Å². The molecule has 0 aromatic rings. The molecule has 0 bridgehead atoms. The quantitative estimate of drug-likeness (QED) is 0.0320. The second-order valence-electron chi connectivity index (χ2n) is 23.5. The van der Waals surface area contributed by atoms with E-state index in [0.29, 0.717) is 19.4 Å². The third kappa shape index (κ3) is 61.3. The summed E-state index contributed by atoms with van der Waals surface area (Å²) < 4.78 is 5.47. The Bertz CT molecular complexity index is 1230. The molecule has 0 radical (unpaired) electrons. The minimum atomic E-state index is -0.844. The fraction of sp³-hybridized carbons (Fsp3) is 0.886. The molecule has 0 aliphatic carbocycles. The number of ether oxygens (including phenoxy) is 1. The minimum absolute atomic E-state index is 0.0128. The van der Waals surface area contributed by atoms with Crippen molar-refractivity contribution in [2.24, 2.45) is 0 Å². The number of allylic oxidation sites excluding steroid dienone is 5. The molecule has 0 aliphatic rings. The van der Waals surface area contributed by atoms with Crippen LogP contribution in [-0.2, 0) is 14.3 Å². The third-order valence-corrected chi connectivity index (χ3v) is 15.9. The van der Waals surface area contributed by atoms with E-state index in [-0.39, 0.29) is 18.5 Å². The lowest BCUT2D eigenvalue weighted by molar-refractivity contribution is -0.143. The van der Waals surface area contributed by atoms with Crippen LogP contribution in [0, 0.1) is 0 Å². The highest BCUT2D eigenvalue weighted by molar-refractivity contribution is 5.76. The molecule has 2 atom stereocenters. The number of unbranched alkanes of at least 4 members (excludes halogenated alkanes) is 49. The molecular formula is C70H133NO5. The van der Waals surface area contributed by atoms with Crippen LogP contribution in [0.1, 0.15) is 373 Å². The van der Waals surface area contributed by atoms with E-state index in [4.69, 9.17) is 4.74 Å². The predicted molar refractivity (Wildman–Crippen MR) is 333 cm³/mol. The smallest absolute Gasteiger partial charge is 0.305 e. The second kappa shape index (κ2) is 65.6. The molecular weight excluding hydrogens is 935 g/mol. The number of carbonyl (C=O) groups is 2. The van der Waals surface area contributed by atoms with Crippen molar-refractivity contribution < 1.29 is 24.5 Å². The van der Waals surface area contributed by atoms with Crippen molar-refractivity contribution in [3.8, 4) is 0 Å². The maximum absolute atomic E-state index is 12.5. The molecule has 0 aromatic heterocycles. The Morgan fingerprint density at radius 1 is 0.368 bits per heavy atom. The highest BCUT2D eigenvalue weighted by atomic mass is 16.5. The molecule has 0 saturated carbocycles. The first-order valence-corrected chi connectivity index (χ1v) is 34.3. The molecule has 2 unspecified atom stereocenters. The fourth-order valence-electron chi connectivity index (χ4n) is 10.7. The number of amides is 1. The van der Waals surface area contributed by atoms with Crippen molar-refractivity contribution in [1.29, 1.82) is 0 Å². The van der Waals surface area contributed by atoms with Gasteiger partial charge < -0.3 is 20.3 Å². The van der Waals surface area contributed by atoms with Gasteiger partial charge in [0.1, 0.15) is 0 Å². The van der Waals surface area contributed by atoms with Crippen LogP contribution in [0.5, 0.6) is 0 Å². The van der Waals surface area contributed by atoms with Gasteiger partial charge in [-0.05, 0) is 64.2 Å². The Kier molecular flexibility index (Phi) is 63.9. The average molecular weight is 1070 g/mol. The molecule has 0 spiro atoms. The van der Waals surface area contributed by atoms with Gasteiger partial charge in [-0.15, -0.1) is 0 Å². The van der Waals surface area contributed by atoms with Crippen LogP contribution >= 0.6 is 0 Å². The number of aliphatic hydroxyl groups excluding tert-OH is 2. The number of esters is 1. The number of carbonyl (C=O) groups excluding carboxylic acids is 2. The maximum atomic E-state index is 12.5. The van der Waals surface area contributed by atoms with E-state index in [2.05, 4.69) is 43.5 Å². The number of rotatable bonds is 64. The van der Waals surface area contributed by atoms with Gasteiger partial charge in [-0.3, -0.25) is 9.59 Å². The zero-order valence-corrected chi connectivity index (χ0v) is 51.3. The summed E-state index contributed by atoms with van der Waals surface area (Å²) in [5.74, 6) is -0.0520. The zero-order chi connectivity index (χ0) is 55.0. The summed E-state index contributed by atoms with van der Waals surface area (Å²) in [5, 5.41) is 23.2. The van der Waals surface area contributed by atoms with Crippen LogP contribution in [0.3, 0.4) is 0 Å². The lowest BCUT2D eigenvalue weighted by Gasteiger charge is -2.20. The van der Waals surface area contributed by atoms with Crippen molar-refractivity contribution >= 4 is 11.9 Å². The Balaban J connectivity index is 3.41. The second-order valence-corrected chi connectivity index (χ2v) is 23.5. The van der Waals surface area contributed by atoms with Crippen LogP contribution in [0.4, 0.5) is 0 Å². The minimum Gasteiger partial charge on any atom is -0.466 e. The molecule has 0 heterocycles. The Labute approximate surface area is 474 Å². The van der Waals surface area contributed by atoms with E-state index in [1.54, 1.807) is 6.08 Å². The van der Waals surface area contributed by atoms with Gasteiger partial charge in [-0.25, -0.2) is 0 Å². The molecule has 0 fully saturated rings. The number of hydrogen-bond donors (Lipinski definition) is 3. The largest absolute Gasteiger partial charge is 0.466 e. The van der Waals surface area contributed by atoms with Gasteiger partial charge >= 0.3 is 5.97 Å². The fourth-order valence-corrected chi connectivity index (χ4v) is 10.7. The lowest BCUT2D eigenvalue weighted by atomic mass is 10.0. The van der Waals surface area contributed by atoms with E-state index < -0.39 is 12.1 Å². The van der Waals surface area contributed by atoms with Crippen LogP contribution < -0.4 is 5.32 Å². The van der Waals surface area contributed by atoms with Gasteiger partial charge in [0.2, 0.25) is 5.91 Å². The van der Waals surface area contributed by atoms with Crippen LogP contribution in [0.15, 0.2) is 36.5 Å².